The molecule has 6 nitrogen and oxygen atoms in total. The Morgan fingerprint density at radius 1 is 1.21 bits per heavy atom. The van der Waals surface area contributed by atoms with Gasteiger partial charge in [-0.25, -0.2) is 0 Å². The van der Waals surface area contributed by atoms with Crippen LogP contribution in [-0.2, 0) is 32.2 Å². The molecule has 0 spiro atoms. The van der Waals surface area contributed by atoms with E-state index in [9.17, 15) is 9.59 Å². The Kier molecular flexibility index (Phi) is 7.21. The molecule has 1 aliphatic rings. The molecule has 24 heavy (non-hydrogen) atoms. The van der Waals surface area contributed by atoms with Gasteiger partial charge in [0.05, 0.1) is 26.2 Å². The standard InChI is InChI=1S/C18H26N2O4/c1-23-13-15-5-3-4-14(10-15)11-19-17(21)12-20-8-6-16(7-9-20)18(22)24-2/h3-5,10,16H,6-9,11-13H2,1-2H3,(H,19,21). The molecule has 132 valence electrons. The highest BCUT2D eigenvalue weighted by atomic mass is 16.5. The normalized spacial score (nSPS) is 15.9. The Hall–Kier alpha value is -1.92. The molecule has 1 amide bonds. The van der Waals surface area contributed by atoms with Gasteiger partial charge >= 0.3 is 5.97 Å². The molecule has 0 radical (unpaired) electrons. The summed E-state index contributed by atoms with van der Waals surface area (Å²) >= 11 is 0. The van der Waals surface area contributed by atoms with Crippen LogP contribution in [0.15, 0.2) is 24.3 Å². The summed E-state index contributed by atoms with van der Waals surface area (Å²) in [7, 11) is 3.08. The minimum atomic E-state index is -0.143. The topological polar surface area (TPSA) is 67.9 Å². The summed E-state index contributed by atoms with van der Waals surface area (Å²) in [5.41, 5.74) is 2.15. The lowest BCUT2D eigenvalue weighted by molar-refractivity contribution is -0.147. The SMILES string of the molecule is COCc1cccc(CNC(=O)CN2CCC(C(=O)OC)CC2)c1. The van der Waals surface area contributed by atoms with E-state index in [0.29, 0.717) is 19.7 Å². The van der Waals surface area contributed by atoms with E-state index in [0.717, 1.165) is 37.1 Å². The summed E-state index contributed by atoms with van der Waals surface area (Å²) in [6.07, 6.45) is 1.50. The molecule has 1 aromatic carbocycles. The molecule has 1 fully saturated rings. The summed E-state index contributed by atoms with van der Waals surface area (Å²) in [6.45, 7) is 2.94. The van der Waals surface area contributed by atoms with E-state index in [4.69, 9.17) is 9.47 Å². The van der Waals surface area contributed by atoms with Crippen LogP contribution in [0.4, 0.5) is 0 Å². The summed E-state index contributed by atoms with van der Waals surface area (Å²) in [5, 5.41) is 2.95. The van der Waals surface area contributed by atoms with Gasteiger partial charge in [0.1, 0.15) is 0 Å². The van der Waals surface area contributed by atoms with Gasteiger partial charge in [0.25, 0.3) is 0 Å². The van der Waals surface area contributed by atoms with Crippen LogP contribution < -0.4 is 5.32 Å². The summed E-state index contributed by atoms with van der Waals surface area (Å²) in [6, 6.07) is 7.99. The van der Waals surface area contributed by atoms with Crippen molar-refractivity contribution < 1.29 is 19.1 Å². The summed E-state index contributed by atoms with van der Waals surface area (Å²) in [5.74, 6) is -0.170. The summed E-state index contributed by atoms with van der Waals surface area (Å²) in [4.78, 5) is 25.7. The molecule has 0 saturated carbocycles. The molecule has 1 saturated heterocycles. The molecule has 1 N–H and O–H groups in total. The minimum absolute atomic E-state index is 0.00339. The maximum atomic E-state index is 12.1. The highest BCUT2D eigenvalue weighted by Gasteiger charge is 2.26. The molecule has 1 aliphatic heterocycles. The molecule has 1 heterocycles. The van der Waals surface area contributed by atoms with Gasteiger partial charge < -0.3 is 14.8 Å². The number of ether oxygens (including phenoxy) is 2. The Morgan fingerprint density at radius 3 is 2.58 bits per heavy atom. The number of methoxy groups -OCH3 is 2. The highest BCUT2D eigenvalue weighted by Crippen LogP contribution is 2.18. The number of amides is 1. The van der Waals surface area contributed by atoms with Crippen molar-refractivity contribution in [2.24, 2.45) is 5.92 Å². The van der Waals surface area contributed by atoms with E-state index < -0.39 is 0 Å². The maximum absolute atomic E-state index is 12.1. The molecule has 0 aliphatic carbocycles. The number of benzene rings is 1. The molecule has 0 atom stereocenters. The van der Waals surface area contributed by atoms with Gasteiger partial charge in [0.2, 0.25) is 5.91 Å². The third kappa shape index (κ3) is 5.62. The fraction of sp³-hybridized carbons (Fsp3) is 0.556. The number of esters is 1. The van der Waals surface area contributed by atoms with Crippen molar-refractivity contribution in [1.29, 1.82) is 0 Å². The van der Waals surface area contributed by atoms with E-state index in [2.05, 4.69) is 10.2 Å². The largest absolute Gasteiger partial charge is 0.469 e. The zero-order chi connectivity index (χ0) is 17.4. The zero-order valence-electron chi connectivity index (χ0n) is 14.4. The van der Waals surface area contributed by atoms with E-state index in [1.807, 2.05) is 24.3 Å². The van der Waals surface area contributed by atoms with Gasteiger partial charge in [-0.15, -0.1) is 0 Å². The highest BCUT2D eigenvalue weighted by molar-refractivity contribution is 5.78. The average molecular weight is 334 g/mol. The number of piperidine rings is 1. The molecular formula is C18H26N2O4. The lowest BCUT2D eigenvalue weighted by Crippen LogP contribution is -2.42. The Labute approximate surface area is 143 Å². The smallest absolute Gasteiger partial charge is 0.308 e. The van der Waals surface area contributed by atoms with Gasteiger partial charge in [-0.1, -0.05) is 24.3 Å². The molecule has 2 rings (SSSR count). The molecule has 0 unspecified atom stereocenters. The van der Waals surface area contributed by atoms with Gasteiger partial charge in [-0.3, -0.25) is 14.5 Å². The molecule has 0 aromatic heterocycles. The molecule has 1 aromatic rings. The quantitative estimate of drug-likeness (QED) is 0.762. The van der Waals surface area contributed by atoms with Crippen molar-refractivity contribution in [3.05, 3.63) is 35.4 Å². The van der Waals surface area contributed by atoms with E-state index >= 15 is 0 Å². The number of nitrogens with one attached hydrogen (secondary N) is 1. The third-order valence-corrected chi connectivity index (χ3v) is 4.28. The van der Waals surface area contributed by atoms with Crippen LogP contribution in [0.5, 0.6) is 0 Å². The number of hydrogen-bond acceptors (Lipinski definition) is 5. The second-order valence-electron chi connectivity index (χ2n) is 6.10. The van der Waals surface area contributed by atoms with E-state index in [1.54, 1.807) is 7.11 Å². The van der Waals surface area contributed by atoms with Crippen molar-refractivity contribution in [2.75, 3.05) is 33.9 Å². The maximum Gasteiger partial charge on any atom is 0.308 e. The predicted octanol–water partition coefficient (Wildman–Crippen LogP) is 1.33. The molecular weight excluding hydrogens is 308 g/mol. The van der Waals surface area contributed by atoms with Crippen molar-refractivity contribution in [1.82, 2.24) is 10.2 Å². The van der Waals surface area contributed by atoms with Crippen LogP contribution in [0.1, 0.15) is 24.0 Å². The van der Waals surface area contributed by atoms with Crippen molar-refractivity contribution in [3.63, 3.8) is 0 Å². The first-order chi connectivity index (χ1) is 11.6. The lowest BCUT2D eigenvalue weighted by Gasteiger charge is -2.29. The van der Waals surface area contributed by atoms with Crippen LogP contribution >= 0.6 is 0 Å². The van der Waals surface area contributed by atoms with Crippen LogP contribution in [0.3, 0.4) is 0 Å². The predicted molar refractivity (Wildman–Crippen MR) is 90.2 cm³/mol. The van der Waals surface area contributed by atoms with Gasteiger partial charge in [-0.2, -0.15) is 0 Å². The fourth-order valence-corrected chi connectivity index (χ4v) is 2.95. The minimum Gasteiger partial charge on any atom is -0.469 e. The zero-order valence-corrected chi connectivity index (χ0v) is 14.4. The monoisotopic (exact) mass is 334 g/mol. The molecule has 6 heteroatoms. The number of nitrogens with zero attached hydrogens (tertiary/aromatic N) is 1. The van der Waals surface area contributed by atoms with Crippen LogP contribution in [0, 0.1) is 5.92 Å². The van der Waals surface area contributed by atoms with Crippen LogP contribution in [0.25, 0.3) is 0 Å². The number of carbonyl (C=O) groups is 2. The first-order valence-electron chi connectivity index (χ1n) is 8.26. The second kappa shape index (κ2) is 9.39. The van der Waals surface area contributed by atoms with Crippen molar-refractivity contribution >= 4 is 11.9 Å². The van der Waals surface area contributed by atoms with Gasteiger partial charge in [0, 0.05) is 13.7 Å². The van der Waals surface area contributed by atoms with Crippen molar-refractivity contribution in [2.45, 2.75) is 26.0 Å². The second-order valence-corrected chi connectivity index (χ2v) is 6.10. The third-order valence-electron chi connectivity index (χ3n) is 4.28. The van der Waals surface area contributed by atoms with Gasteiger partial charge in [0.15, 0.2) is 0 Å². The van der Waals surface area contributed by atoms with Crippen LogP contribution in [0.2, 0.25) is 0 Å². The first kappa shape index (κ1) is 18.4. The summed E-state index contributed by atoms with van der Waals surface area (Å²) < 4.78 is 9.89. The number of carbonyl (C=O) groups excluding carboxylic acids is 2. The first-order valence-corrected chi connectivity index (χ1v) is 8.26. The van der Waals surface area contributed by atoms with E-state index in [1.165, 1.54) is 7.11 Å². The Balaban J connectivity index is 1.72. The van der Waals surface area contributed by atoms with Crippen LogP contribution in [-0.4, -0.2) is 50.6 Å². The number of rotatable bonds is 7. The lowest BCUT2D eigenvalue weighted by atomic mass is 9.97. The molecule has 0 bridgehead atoms. The van der Waals surface area contributed by atoms with Crippen molar-refractivity contribution in [3.8, 4) is 0 Å². The van der Waals surface area contributed by atoms with E-state index in [-0.39, 0.29) is 17.8 Å². The van der Waals surface area contributed by atoms with Gasteiger partial charge in [-0.05, 0) is 37.1 Å². The fourth-order valence-electron chi connectivity index (χ4n) is 2.95. The Bertz CT molecular complexity index is 554. The number of hydrogen-bond donors (Lipinski definition) is 1. The number of likely N-dealkylation sites (tertiary alicyclic amines) is 1. The average Bonchev–Trinajstić information content (AvgIpc) is 2.60. The Morgan fingerprint density at radius 2 is 1.92 bits per heavy atom.